The van der Waals surface area contributed by atoms with Crippen molar-refractivity contribution in [2.45, 2.75) is 25.9 Å². The van der Waals surface area contributed by atoms with Crippen molar-refractivity contribution in [2.24, 2.45) is 5.73 Å². The first-order valence-corrected chi connectivity index (χ1v) is 8.81. The molecule has 0 aliphatic carbocycles. The Bertz CT molecular complexity index is 626. The van der Waals surface area contributed by atoms with Crippen molar-refractivity contribution in [3.8, 4) is 0 Å². The van der Waals surface area contributed by atoms with Crippen molar-refractivity contribution in [2.75, 3.05) is 18.6 Å². The summed E-state index contributed by atoms with van der Waals surface area (Å²) < 4.78 is 23.1. The Morgan fingerprint density at radius 1 is 1.50 bits per heavy atom. The summed E-state index contributed by atoms with van der Waals surface area (Å²) in [6.07, 6.45) is 0.725. The van der Waals surface area contributed by atoms with Gasteiger partial charge in [-0.15, -0.1) is 0 Å². The topological polar surface area (TPSA) is 63.4 Å². The number of nitrogens with zero attached hydrogens (tertiary/aromatic N) is 1. The maximum absolute atomic E-state index is 11.5. The highest BCUT2D eigenvalue weighted by Gasteiger charge is 2.30. The van der Waals surface area contributed by atoms with Gasteiger partial charge in [-0.3, -0.25) is 4.90 Å². The highest BCUT2D eigenvalue weighted by molar-refractivity contribution is 7.91. The number of hydrogen-bond donors (Lipinski definition) is 1. The van der Waals surface area contributed by atoms with Gasteiger partial charge in [0.15, 0.2) is 9.84 Å². The Morgan fingerprint density at radius 2 is 2.20 bits per heavy atom. The number of rotatable bonds is 4. The molecule has 0 amide bonds. The first-order valence-electron chi connectivity index (χ1n) is 6.58. The minimum Gasteiger partial charge on any atom is -0.389 e. The predicted molar refractivity (Wildman–Crippen MR) is 85.6 cm³/mol. The van der Waals surface area contributed by atoms with Gasteiger partial charge in [0.2, 0.25) is 0 Å². The molecule has 1 unspecified atom stereocenters. The second-order valence-corrected chi connectivity index (χ2v) is 8.15. The van der Waals surface area contributed by atoms with Crippen LogP contribution in [0.3, 0.4) is 0 Å². The molecule has 6 heteroatoms. The van der Waals surface area contributed by atoms with Crippen molar-refractivity contribution in [3.05, 3.63) is 34.9 Å². The summed E-state index contributed by atoms with van der Waals surface area (Å²) in [7, 11) is -0.858. The average Bonchev–Trinajstić information content (AvgIpc) is 2.72. The standard InChI is InChI=1S/C14H20N2O2S2/c1-10-7-11(14(15)19)3-4-12(10)8-16(2)13-5-6-20(17,18)9-13/h3-4,7,13H,5-6,8-9H2,1-2H3,(H2,15,19). The molecule has 0 saturated carbocycles. The molecule has 1 heterocycles. The second kappa shape index (κ2) is 5.79. The normalized spacial score (nSPS) is 21.2. The fourth-order valence-electron chi connectivity index (χ4n) is 2.55. The molecule has 1 saturated heterocycles. The molecular formula is C14H20N2O2S2. The number of benzene rings is 1. The molecule has 1 aromatic carbocycles. The zero-order valence-corrected chi connectivity index (χ0v) is 13.4. The first kappa shape index (κ1) is 15.4. The zero-order valence-electron chi connectivity index (χ0n) is 11.8. The molecule has 0 spiro atoms. The fraction of sp³-hybridized carbons (Fsp3) is 0.500. The van der Waals surface area contributed by atoms with Crippen LogP contribution in [0.5, 0.6) is 0 Å². The van der Waals surface area contributed by atoms with Gasteiger partial charge in [0, 0.05) is 18.2 Å². The van der Waals surface area contributed by atoms with Crippen LogP contribution in [0.15, 0.2) is 18.2 Å². The Labute approximate surface area is 125 Å². The molecule has 1 atom stereocenters. The van der Waals surface area contributed by atoms with Crippen LogP contribution in [0.1, 0.15) is 23.1 Å². The van der Waals surface area contributed by atoms with Gasteiger partial charge in [-0.2, -0.15) is 0 Å². The number of sulfone groups is 1. The molecule has 1 aromatic rings. The van der Waals surface area contributed by atoms with Gasteiger partial charge >= 0.3 is 0 Å². The molecule has 1 aliphatic heterocycles. The van der Waals surface area contributed by atoms with Crippen LogP contribution in [0.25, 0.3) is 0 Å². The van der Waals surface area contributed by atoms with Gasteiger partial charge in [-0.05, 0) is 37.6 Å². The maximum Gasteiger partial charge on any atom is 0.151 e. The van der Waals surface area contributed by atoms with Gasteiger partial charge in [0.25, 0.3) is 0 Å². The predicted octanol–water partition coefficient (Wildman–Crippen LogP) is 1.25. The molecule has 2 N–H and O–H groups in total. The van der Waals surface area contributed by atoms with Crippen LogP contribution in [-0.4, -0.2) is 42.9 Å². The number of nitrogens with two attached hydrogens (primary N) is 1. The van der Waals surface area contributed by atoms with E-state index < -0.39 is 9.84 Å². The molecule has 20 heavy (non-hydrogen) atoms. The summed E-state index contributed by atoms with van der Waals surface area (Å²) in [5.74, 6) is 0.578. The van der Waals surface area contributed by atoms with Crippen molar-refractivity contribution < 1.29 is 8.42 Å². The first-order chi connectivity index (χ1) is 9.28. The third kappa shape index (κ3) is 3.56. The molecule has 1 aliphatic rings. The van der Waals surface area contributed by atoms with E-state index >= 15 is 0 Å². The lowest BCUT2D eigenvalue weighted by atomic mass is 10.0. The summed E-state index contributed by atoms with van der Waals surface area (Å²) in [6.45, 7) is 2.76. The summed E-state index contributed by atoms with van der Waals surface area (Å²) in [4.78, 5) is 2.52. The third-order valence-corrected chi connectivity index (χ3v) is 5.86. The Morgan fingerprint density at radius 3 is 2.70 bits per heavy atom. The van der Waals surface area contributed by atoms with Crippen LogP contribution >= 0.6 is 12.2 Å². The van der Waals surface area contributed by atoms with Gasteiger partial charge in [0.05, 0.1) is 11.5 Å². The molecule has 110 valence electrons. The lowest BCUT2D eigenvalue weighted by Crippen LogP contribution is -2.32. The lowest BCUT2D eigenvalue weighted by Gasteiger charge is -2.24. The Kier molecular flexibility index (Phi) is 4.46. The number of aryl methyl sites for hydroxylation is 1. The van der Waals surface area contributed by atoms with Gasteiger partial charge in [-0.1, -0.05) is 24.4 Å². The summed E-state index contributed by atoms with van der Waals surface area (Å²) >= 11 is 4.97. The average molecular weight is 312 g/mol. The minimum absolute atomic E-state index is 0.120. The highest BCUT2D eigenvalue weighted by atomic mass is 32.2. The SMILES string of the molecule is Cc1cc(C(N)=S)ccc1CN(C)C1CCS(=O)(=O)C1. The molecular weight excluding hydrogens is 292 g/mol. The van der Waals surface area contributed by atoms with E-state index in [0.29, 0.717) is 10.7 Å². The zero-order chi connectivity index (χ0) is 14.9. The van der Waals surface area contributed by atoms with E-state index in [-0.39, 0.29) is 11.8 Å². The molecule has 0 aromatic heterocycles. The van der Waals surface area contributed by atoms with Crippen molar-refractivity contribution >= 4 is 27.0 Å². The van der Waals surface area contributed by atoms with E-state index in [2.05, 4.69) is 4.90 Å². The van der Waals surface area contributed by atoms with E-state index in [1.807, 2.05) is 32.2 Å². The summed E-state index contributed by atoms with van der Waals surface area (Å²) in [5, 5.41) is 0. The van der Waals surface area contributed by atoms with Crippen molar-refractivity contribution in [1.29, 1.82) is 0 Å². The molecule has 2 rings (SSSR count). The molecule has 0 radical (unpaired) electrons. The van der Waals surface area contributed by atoms with E-state index in [1.54, 1.807) is 0 Å². The van der Waals surface area contributed by atoms with Gasteiger partial charge in [0.1, 0.15) is 4.99 Å². The Hall–Kier alpha value is -0.980. The lowest BCUT2D eigenvalue weighted by molar-refractivity contribution is 0.253. The van der Waals surface area contributed by atoms with Gasteiger partial charge < -0.3 is 5.73 Å². The van der Waals surface area contributed by atoms with E-state index in [4.69, 9.17) is 18.0 Å². The highest BCUT2D eigenvalue weighted by Crippen LogP contribution is 2.20. The van der Waals surface area contributed by atoms with Crippen molar-refractivity contribution in [3.63, 3.8) is 0 Å². The summed E-state index contributed by atoms with van der Waals surface area (Å²) in [5.41, 5.74) is 8.79. The van der Waals surface area contributed by atoms with Crippen molar-refractivity contribution in [1.82, 2.24) is 4.90 Å². The van der Waals surface area contributed by atoms with Crippen LogP contribution in [0.4, 0.5) is 0 Å². The minimum atomic E-state index is -2.84. The molecule has 1 fully saturated rings. The molecule has 4 nitrogen and oxygen atoms in total. The third-order valence-electron chi connectivity index (χ3n) is 3.88. The fourth-order valence-corrected chi connectivity index (χ4v) is 4.48. The number of hydrogen-bond acceptors (Lipinski definition) is 4. The number of thiocarbonyl (C=S) groups is 1. The van der Waals surface area contributed by atoms with E-state index in [0.717, 1.165) is 24.1 Å². The van der Waals surface area contributed by atoms with Crippen LogP contribution in [0, 0.1) is 6.92 Å². The smallest absolute Gasteiger partial charge is 0.151 e. The Balaban J connectivity index is 2.08. The maximum atomic E-state index is 11.5. The van der Waals surface area contributed by atoms with Crippen LogP contribution in [-0.2, 0) is 16.4 Å². The monoisotopic (exact) mass is 312 g/mol. The second-order valence-electron chi connectivity index (χ2n) is 5.48. The van der Waals surface area contributed by atoms with Crippen LogP contribution < -0.4 is 5.73 Å². The quantitative estimate of drug-likeness (QED) is 0.848. The van der Waals surface area contributed by atoms with E-state index in [9.17, 15) is 8.42 Å². The molecule has 0 bridgehead atoms. The summed E-state index contributed by atoms with van der Waals surface area (Å²) in [6, 6.07) is 6.04. The van der Waals surface area contributed by atoms with Gasteiger partial charge in [-0.25, -0.2) is 8.42 Å². The van der Waals surface area contributed by atoms with E-state index in [1.165, 1.54) is 5.56 Å². The van der Waals surface area contributed by atoms with Crippen LogP contribution in [0.2, 0.25) is 0 Å². The largest absolute Gasteiger partial charge is 0.389 e.